The molecule has 0 spiro atoms. The smallest absolute Gasteiger partial charge is 0.146 e. The van der Waals surface area contributed by atoms with Crippen molar-refractivity contribution in [1.29, 1.82) is 0 Å². The molecule has 0 saturated carbocycles. The van der Waals surface area contributed by atoms with Crippen molar-refractivity contribution in [2.75, 3.05) is 0 Å². The summed E-state index contributed by atoms with van der Waals surface area (Å²) in [7, 11) is -1.73. The molecule has 2 aromatic rings. The van der Waals surface area contributed by atoms with E-state index < -0.39 is 21.5 Å². The Bertz CT molecular complexity index is 674. The first-order chi connectivity index (χ1) is 11.0. The van der Waals surface area contributed by atoms with Crippen LogP contribution in [-0.4, -0.2) is 21.5 Å². The molecule has 0 saturated heterocycles. The van der Waals surface area contributed by atoms with Gasteiger partial charge in [0.05, 0.1) is 8.07 Å². The van der Waals surface area contributed by atoms with Crippen molar-refractivity contribution < 1.29 is 0 Å². The van der Waals surface area contributed by atoms with Crippen LogP contribution in [0.3, 0.4) is 0 Å². The highest BCUT2D eigenvalue weighted by Crippen LogP contribution is 2.33. The van der Waals surface area contributed by atoms with Crippen molar-refractivity contribution in [2.24, 2.45) is 0 Å². The van der Waals surface area contributed by atoms with Gasteiger partial charge in [0.1, 0.15) is 0 Å². The van der Waals surface area contributed by atoms with Gasteiger partial charge in [-0.05, 0) is 36.0 Å². The summed E-state index contributed by atoms with van der Waals surface area (Å²) in [6, 6.07) is 19.4. The second-order valence-electron chi connectivity index (χ2n) is 7.26. The summed E-state index contributed by atoms with van der Waals surface area (Å²) in [5.41, 5.74) is 0. The number of fused-ring (bicyclic) bond motifs is 1. The standard InChI is InChI=1S/C17H24Cl4Si3/c1-22(10-12-23(2,18)19,11-13-24(3,20)21)17-9-8-15-6-4-5-7-16(15)14-17/h4-9,14H,10-13H2,1-3H3. The summed E-state index contributed by atoms with van der Waals surface area (Å²) >= 11 is 25.6. The lowest BCUT2D eigenvalue weighted by molar-refractivity contribution is 1.24. The van der Waals surface area contributed by atoms with Crippen LogP contribution >= 0.6 is 44.3 Å². The number of benzene rings is 2. The molecular weight excluding hydrogens is 430 g/mol. The zero-order valence-corrected chi connectivity index (χ0v) is 20.4. The maximum Gasteiger partial charge on any atom is 0.248 e. The van der Waals surface area contributed by atoms with Gasteiger partial charge in [-0.2, -0.15) is 0 Å². The van der Waals surface area contributed by atoms with Crippen LogP contribution in [0.15, 0.2) is 42.5 Å². The molecule has 0 N–H and O–H groups in total. The fraction of sp³-hybridized carbons (Fsp3) is 0.412. The fourth-order valence-corrected chi connectivity index (χ4v) is 16.1. The monoisotopic (exact) mass is 452 g/mol. The van der Waals surface area contributed by atoms with Gasteiger partial charge in [0, 0.05) is 0 Å². The van der Waals surface area contributed by atoms with Crippen molar-refractivity contribution in [3.63, 3.8) is 0 Å². The lowest BCUT2D eigenvalue weighted by atomic mass is 10.1. The van der Waals surface area contributed by atoms with Crippen LogP contribution in [0.25, 0.3) is 10.8 Å². The van der Waals surface area contributed by atoms with Gasteiger partial charge >= 0.3 is 0 Å². The van der Waals surface area contributed by atoms with Gasteiger partial charge in [0.25, 0.3) is 0 Å². The zero-order chi connectivity index (χ0) is 18.0. The van der Waals surface area contributed by atoms with Crippen LogP contribution in [0.2, 0.25) is 43.8 Å². The molecule has 0 atom stereocenters. The average Bonchev–Trinajstić information content (AvgIpc) is 2.49. The molecule has 2 rings (SSSR count). The third kappa shape index (κ3) is 6.35. The Morgan fingerprint density at radius 1 is 0.667 bits per heavy atom. The average molecular weight is 454 g/mol. The van der Waals surface area contributed by atoms with E-state index in [4.69, 9.17) is 44.3 Å². The minimum Gasteiger partial charge on any atom is -0.146 e. The molecule has 0 aliphatic carbocycles. The highest BCUT2D eigenvalue weighted by atomic mass is 35.7. The maximum atomic E-state index is 6.39. The topological polar surface area (TPSA) is 0 Å². The Labute approximate surface area is 167 Å². The van der Waals surface area contributed by atoms with Crippen LogP contribution < -0.4 is 5.19 Å². The predicted octanol–water partition coefficient (Wildman–Crippen LogP) is 7.22. The van der Waals surface area contributed by atoms with Gasteiger partial charge in [-0.15, -0.1) is 44.3 Å². The largest absolute Gasteiger partial charge is 0.248 e. The van der Waals surface area contributed by atoms with Crippen molar-refractivity contribution in [3.05, 3.63) is 42.5 Å². The predicted molar refractivity (Wildman–Crippen MR) is 121 cm³/mol. The lowest BCUT2D eigenvalue weighted by Crippen LogP contribution is -2.46. The SMILES string of the molecule is C[Si](Cl)(Cl)CC[Si](C)(CC[Si](C)(Cl)Cl)c1ccc2ccccc2c1. The summed E-state index contributed by atoms with van der Waals surface area (Å²) in [5.74, 6) is 0. The Morgan fingerprint density at radius 2 is 1.17 bits per heavy atom. The van der Waals surface area contributed by atoms with E-state index in [1.807, 2.05) is 13.1 Å². The first-order valence-corrected chi connectivity index (χ1v) is 20.6. The van der Waals surface area contributed by atoms with Gasteiger partial charge in [-0.25, -0.2) is 0 Å². The molecule has 7 heteroatoms. The summed E-state index contributed by atoms with van der Waals surface area (Å²) in [4.78, 5) is 0. The molecule has 0 aromatic heterocycles. The van der Waals surface area contributed by atoms with Gasteiger partial charge in [-0.1, -0.05) is 66.3 Å². The van der Waals surface area contributed by atoms with Crippen molar-refractivity contribution in [3.8, 4) is 0 Å². The summed E-state index contributed by atoms with van der Waals surface area (Å²) in [6.07, 6.45) is 0. The normalized spacial score (nSPS) is 13.5. The first kappa shape index (κ1) is 20.8. The van der Waals surface area contributed by atoms with Crippen LogP contribution in [0.1, 0.15) is 0 Å². The van der Waals surface area contributed by atoms with Crippen LogP contribution in [0.4, 0.5) is 0 Å². The van der Waals surface area contributed by atoms with E-state index in [0.717, 1.165) is 24.2 Å². The Kier molecular flexibility index (Phi) is 6.97. The Morgan fingerprint density at radius 3 is 1.67 bits per heavy atom. The zero-order valence-electron chi connectivity index (χ0n) is 14.4. The summed E-state index contributed by atoms with van der Waals surface area (Å²) in [6.45, 7) is 2.24. The second kappa shape index (κ2) is 8.03. The minimum atomic E-state index is -2.10. The number of rotatable bonds is 7. The minimum absolute atomic E-state index is 0.925. The van der Waals surface area contributed by atoms with Crippen LogP contribution in [-0.2, 0) is 0 Å². The van der Waals surface area contributed by atoms with Crippen molar-refractivity contribution in [1.82, 2.24) is 0 Å². The molecule has 0 heterocycles. The molecule has 0 aliphatic rings. The molecule has 0 amide bonds. The number of halogens is 4. The summed E-state index contributed by atoms with van der Waals surface area (Å²) < 4.78 is 0. The van der Waals surface area contributed by atoms with E-state index in [2.05, 4.69) is 49.0 Å². The number of hydrogen-bond donors (Lipinski definition) is 0. The lowest BCUT2D eigenvalue weighted by Gasteiger charge is -2.31. The summed E-state index contributed by atoms with van der Waals surface area (Å²) in [5, 5.41) is 4.03. The van der Waals surface area contributed by atoms with E-state index in [9.17, 15) is 0 Å². The second-order valence-corrected chi connectivity index (χ2v) is 28.4. The van der Waals surface area contributed by atoms with Crippen LogP contribution in [0.5, 0.6) is 0 Å². The van der Waals surface area contributed by atoms with Gasteiger partial charge < -0.3 is 0 Å². The quantitative estimate of drug-likeness (QED) is 0.306. The van der Waals surface area contributed by atoms with Gasteiger partial charge in [0.15, 0.2) is 0 Å². The highest BCUT2D eigenvalue weighted by Gasteiger charge is 2.35. The van der Waals surface area contributed by atoms with E-state index in [1.165, 1.54) is 16.0 Å². The molecule has 132 valence electrons. The van der Waals surface area contributed by atoms with Gasteiger partial charge in [-0.3, -0.25) is 0 Å². The van der Waals surface area contributed by atoms with E-state index in [0.29, 0.717) is 0 Å². The van der Waals surface area contributed by atoms with E-state index in [1.54, 1.807) is 0 Å². The molecule has 0 nitrogen and oxygen atoms in total. The molecule has 0 bridgehead atoms. The third-order valence-electron chi connectivity index (χ3n) is 4.68. The van der Waals surface area contributed by atoms with Crippen LogP contribution in [0, 0.1) is 0 Å². The number of hydrogen-bond acceptors (Lipinski definition) is 0. The Balaban J connectivity index is 2.34. The van der Waals surface area contributed by atoms with Crippen molar-refractivity contribution in [2.45, 2.75) is 43.8 Å². The molecule has 0 fully saturated rings. The first-order valence-electron chi connectivity index (χ1n) is 8.24. The molecule has 0 unspecified atom stereocenters. The molecule has 0 aliphatic heterocycles. The third-order valence-corrected chi connectivity index (χ3v) is 14.6. The van der Waals surface area contributed by atoms with Crippen molar-refractivity contribution >= 4 is 81.7 Å². The molecule has 0 radical (unpaired) electrons. The van der Waals surface area contributed by atoms with E-state index >= 15 is 0 Å². The Hall–Kier alpha value is 0.511. The maximum absolute atomic E-state index is 6.39. The molecular formula is C17H24Cl4Si3. The molecule has 2 aromatic carbocycles. The molecule has 24 heavy (non-hydrogen) atoms. The highest BCUT2D eigenvalue weighted by molar-refractivity contribution is 7.45. The fourth-order valence-electron chi connectivity index (χ4n) is 2.97. The van der Waals surface area contributed by atoms with E-state index in [-0.39, 0.29) is 0 Å². The van der Waals surface area contributed by atoms with Gasteiger partial charge in [0.2, 0.25) is 13.4 Å².